The summed E-state index contributed by atoms with van der Waals surface area (Å²) in [4.78, 5) is 0. The molecule has 0 unspecified atom stereocenters. The number of benzene rings is 4. The molecule has 1 heterocycles. The summed E-state index contributed by atoms with van der Waals surface area (Å²) in [6.45, 7) is 0. The van der Waals surface area contributed by atoms with Gasteiger partial charge in [0, 0.05) is 6.21 Å². The largest absolute Gasteiger partial charge is 0.330 e. The van der Waals surface area contributed by atoms with Gasteiger partial charge in [-0.25, -0.2) is 0 Å². The Morgan fingerprint density at radius 1 is 0.619 bits per heavy atom. The normalized spacial score (nSPS) is 14.5. The molecule has 4 aromatic carbocycles. The Morgan fingerprint density at radius 2 is 1.33 bits per heavy atom. The molecule has 0 saturated heterocycles. The van der Waals surface area contributed by atoms with Crippen LogP contribution in [-0.2, 0) is 0 Å². The first-order valence-corrected chi connectivity index (χ1v) is 8.62. The van der Waals surface area contributed by atoms with Crippen LogP contribution in [0.2, 0.25) is 0 Å². The Morgan fingerprint density at radius 3 is 2.33 bits per heavy atom. The maximum Gasteiger partial charge on any atom is 0.182 e. The second-order valence-electron chi connectivity index (χ2n) is 5.65. The standard InChI is InChI=1S/C19H13NSi/c1-2-4-14-12(3-1)5-7-16-15(14)9-10-18-17(16)8-6-13-11-20-21-19(13)18/h1-11H,21H2. The molecular weight excluding hydrogens is 270 g/mol. The quantitative estimate of drug-likeness (QED) is 0.347. The Labute approximate surface area is 124 Å². The Kier molecular flexibility index (Phi) is 2.15. The van der Waals surface area contributed by atoms with Gasteiger partial charge in [-0.1, -0.05) is 60.7 Å². The van der Waals surface area contributed by atoms with Gasteiger partial charge in [-0.3, -0.25) is 0 Å². The Hall–Kier alpha value is -2.45. The minimum Gasteiger partial charge on any atom is -0.330 e. The van der Waals surface area contributed by atoms with Crippen LogP contribution in [0.4, 0.5) is 0 Å². The molecule has 0 N–H and O–H groups in total. The van der Waals surface area contributed by atoms with Crippen LogP contribution in [0, 0.1) is 0 Å². The van der Waals surface area contributed by atoms with E-state index in [0.717, 1.165) is 0 Å². The van der Waals surface area contributed by atoms with Crippen molar-refractivity contribution < 1.29 is 0 Å². The van der Waals surface area contributed by atoms with Crippen LogP contribution in [0.15, 0.2) is 65.3 Å². The zero-order valence-electron chi connectivity index (χ0n) is 11.5. The average Bonchev–Trinajstić information content (AvgIpc) is 3.03. The zero-order valence-corrected chi connectivity index (χ0v) is 12.9. The summed E-state index contributed by atoms with van der Waals surface area (Å²) < 4.78 is 4.55. The first-order valence-electron chi connectivity index (χ1n) is 7.28. The Balaban J connectivity index is 2.00. The highest BCUT2D eigenvalue weighted by Crippen LogP contribution is 2.31. The molecular formula is C19H13NSi. The molecule has 5 rings (SSSR count). The van der Waals surface area contributed by atoms with E-state index >= 15 is 0 Å². The molecule has 1 aliphatic rings. The van der Waals surface area contributed by atoms with Gasteiger partial charge >= 0.3 is 0 Å². The van der Waals surface area contributed by atoms with Gasteiger partial charge in [0.05, 0.1) is 0 Å². The molecule has 2 heteroatoms. The maximum absolute atomic E-state index is 4.55. The molecule has 0 atom stereocenters. The van der Waals surface area contributed by atoms with E-state index in [1.54, 1.807) is 0 Å². The molecule has 0 spiro atoms. The van der Waals surface area contributed by atoms with Crippen molar-refractivity contribution in [2.75, 3.05) is 0 Å². The van der Waals surface area contributed by atoms with Gasteiger partial charge in [0.2, 0.25) is 0 Å². The lowest BCUT2D eigenvalue weighted by molar-refractivity contribution is 1.78. The van der Waals surface area contributed by atoms with E-state index in [0.29, 0.717) is 0 Å². The highest BCUT2D eigenvalue weighted by molar-refractivity contribution is 6.61. The molecule has 98 valence electrons. The molecule has 0 fully saturated rings. The summed E-state index contributed by atoms with van der Waals surface area (Å²) in [5.74, 6) is 0. The smallest absolute Gasteiger partial charge is 0.182 e. The van der Waals surface area contributed by atoms with Crippen LogP contribution in [-0.4, -0.2) is 15.9 Å². The highest BCUT2D eigenvalue weighted by Gasteiger charge is 2.12. The third kappa shape index (κ3) is 1.48. The molecule has 0 aromatic heterocycles. The van der Waals surface area contributed by atoms with Crippen LogP contribution >= 0.6 is 0 Å². The molecule has 4 aromatic rings. The number of rotatable bonds is 0. The first-order chi connectivity index (χ1) is 10.4. The summed E-state index contributed by atoms with van der Waals surface area (Å²) in [5, 5.41) is 9.63. The molecule has 0 bridgehead atoms. The highest BCUT2D eigenvalue weighted by atomic mass is 28.2. The van der Waals surface area contributed by atoms with Crippen molar-refractivity contribution >= 4 is 53.4 Å². The summed E-state index contributed by atoms with van der Waals surface area (Å²) in [7, 11) is -0.468. The maximum atomic E-state index is 4.55. The Bertz CT molecular complexity index is 1060. The molecule has 0 amide bonds. The summed E-state index contributed by atoms with van der Waals surface area (Å²) in [6.07, 6.45) is 2.05. The first kappa shape index (κ1) is 11.2. The third-order valence-electron chi connectivity index (χ3n) is 4.55. The topological polar surface area (TPSA) is 12.4 Å². The fraction of sp³-hybridized carbons (Fsp3) is 0. The van der Waals surface area contributed by atoms with E-state index in [9.17, 15) is 0 Å². The minimum absolute atomic E-state index is 0.468. The van der Waals surface area contributed by atoms with Crippen LogP contribution < -0.4 is 5.19 Å². The lowest BCUT2D eigenvalue weighted by Crippen LogP contribution is -2.12. The fourth-order valence-corrected chi connectivity index (χ4v) is 4.86. The van der Waals surface area contributed by atoms with Gasteiger partial charge in [0.15, 0.2) is 9.68 Å². The van der Waals surface area contributed by atoms with Gasteiger partial charge in [-0.05, 0) is 43.1 Å². The van der Waals surface area contributed by atoms with Crippen molar-refractivity contribution in [3.63, 3.8) is 0 Å². The van der Waals surface area contributed by atoms with Gasteiger partial charge in [-0.2, -0.15) is 0 Å². The van der Waals surface area contributed by atoms with Crippen molar-refractivity contribution in [3.8, 4) is 0 Å². The van der Waals surface area contributed by atoms with Crippen molar-refractivity contribution in [2.45, 2.75) is 0 Å². The monoisotopic (exact) mass is 283 g/mol. The zero-order chi connectivity index (χ0) is 13.8. The van der Waals surface area contributed by atoms with E-state index in [1.807, 2.05) is 6.21 Å². The number of fused-ring (bicyclic) bond motifs is 7. The number of hydrogen-bond donors (Lipinski definition) is 0. The van der Waals surface area contributed by atoms with E-state index < -0.39 is 9.68 Å². The van der Waals surface area contributed by atoms with Gasteiger partial charge in [-0.15, -0.1) is 0 Å². The predicted octanol–water partition coefficient (Wildman–Crippen LogP) is 3.29. The molecule has 0 aliphatic carbocycles. The second-order valence-corrected chi connectivity index (χ2v) is 7.03. The van der Waals surface area contributed by atoms with E-state index in [4.69, 9.17) is 0 Å². The van der Waals surface area contributed by atoms with Crippen molar-refractivity contribution in [1.82, 2.24) is 0 Å². The lowest BCUT2D eigenvalue weighted by atomic mass is 9.96. The second kappa shape index (κ2) is 4.03. The van der Waals surface area contributed by atoms with Crippen molar-refractivity contribution in [1.29, 1.82) is 0 Å². The molecule has 1 aliphatic heterocycles. The SMILES string of the molecule is C1=N[SiH2]c2c1ccc1c2ccc2c3ccccc3ccc12. The number of nitrogens with zero attached hydrogens (tertiary/aromatic N) is 1. The lowest BCUT2D eigenvalue weighted by Gasteiger charge is -2.10. The third-order valence-corrected chi connectivity index (χ3v) is 6.02. The molecule has 21 heavy (non-hydrogen) atoms. The van der Waals surface area contributed by atoms with Crippen LogP contribution in [0.5, 0.6) is 0 Å². The molecule has 1 nitrogen and oxygen atoms in total. The van der Waals surface area contributed by atoms with E-state index in [-0.39, 0.29) is 0 Å². The summed E-state index contributed by atoms with van der Waals surface area (Å²) in [5.41, 5.74) is 1.33. The van der Waals surface area contributed by atoms with Crippen LogP contribution in [0.25, 0.3) is 32.3 Å². The van der Waals surface area contributed by atoms with Crippen LogP contribution in [0.3, 0.4) is 0 Å². The van der Waals surface area contributed by atoms with Gasteiger partial charge in [0.25, 0.3) is 0 Å². The minimum atomic E-state index is -0.468. The summed E-state index contributed by atoms with van der Waals surface area (Å²) >= 11 is 0. The fourth-order valence-electron chi connectivity index (χ4n) is 3.52. The average molecular weight is 283 g/mol. The summed E-state index contributed by atoms with van der Waals surface area (Å²) in [6, 6.07) is 22.2. The van der Waals surface area contributed by atoms with Gasteiger partial charge < -0.3 is 4.66 Å². The number of hydrogen-bond acceptors (Lipinski definition) is 1. The van der Waals surface area contributed by atoms with Crippen molar-refractivity contribution in [3.05, 3.63) is 66.2 Å². The van der Waals surface area contributed by atoms with Crippen LogP contribution in [0.1, 0.15) is 5.56 Å². The van der Waals surface area contributed by atoms with Gasteiger partial charge in [0.1, 0.15) is 0 Å². The van der Waals surface area contributed by atoms with Crippen molar-refractivity contribution in [2.24, 2.45) is 4.66 Å². The molecule has 0 radical (unpaired) electrons. The molecule has 0 saturated carbocycles. The predicted molar refractivity (Wildman–Crippen MR) is 94.7 cm³/mol. The van der Waals surface area contributed by atoms with E-state index in [1.165, 1.54) is 43.1 Å². The van der Waals surface area contributed by atoms with E-state index in [2.05, 4.69) is 65.3 Å².